The van der Waals surface area contributed by atoms with Gasteiger partial charge in [0.1, 0.15) is 5.75 Å². The van der Waals surface area contributed by atoms with Crippen molar-refractivity contribution in [1.82, 2.24) is 0 Å². The highest BCUT2D eigenvalue weighted by molar-refractivity contribution is 6.34. The van der Waals surface area contributed by atoms with Gasteiger partial charge in [0.2, 0.25) is 0 Å². The molecule has 1 aliphatic rings. The zero-order valence-corrected chi connectivity index (χ0v) is 11.2. The van der Waals surface area contributed by atoms with Crippen LogP contribution in [0.25, 0.3) is 0 Å². The molecule has 0 aromatic heterocycles. The van der Waals surface area contributed by atoms with Crippen LogP contribution in [0.15, 0.2) is 42.5 Å². The summed E-state index contributed by atoms with van der Waals surface area (Å²) in [6, 6.07) is 12.1. The average molecular weight is 267 g/mol. The van der Waals surface area contributed by atoms with Crippen LogP contribution in [0.5, 0.6) is 5.75 Å². The van der Waals surface area contributed by atoms with Gasteiger partial charge < -0.3 is 4.74 Å². The maximum absolute atomic E-state index is 12.4. The van der Waals surface area contributed by atoms with Gasteiger partial charge in [-0.1, -0.05) is 12.1 Å². The minimum Gasteiger partial charge on any atom is -0.497 e. The predicted octanol–water partition coefficient (Wildman–Crippen LogP) is 2.80. The standard InChI is InChI=1S/C16H13NO3/c1-10-9-11(20-2)7-8-14(10)17-15(18)12-5-3-4-6-13(12)16(17)19/h3-9H,1-2H3. The van der Waals surface area contributed by atoms with Crippen LogP contribution in [0, 0.1) is 6.92 Å². The number of nitrogens with zero attached hydrogens (tertiary/aromatic N) is 1. The molecule has 3 rings (SSSR count). The number of aryl methyl sites for hydroxylation is 1. The Labute approximate surface area is 116 Å². The van der Waals surface area contributed by atoms with Crippen molar-refractivity contribution >= 4 is 17.5 Å². The maximum Gasteiger partial charge on any atom is 0.266 e. The lowest BCUT2D eigenvalue weighted by molar-refractivity contribution is 0.0926. The highest BCUT2D eigenvalue weighted by Gasteiger charge is 2.36. The van der Waals surface area contributed by atoms with Crippen molar-refractivity contribution in [3.8, 4) is 5.75 Å². The van der Waals surface area contributed by atoms with E-state index in [1.54, 1.807) is 49.6 Å². The molecule has 0 N–H and O–H groups in total. The Morgan fingerprint density at radius 3 is 2.05 bits per heavy atom. The topological polar surface area (TPSA) is 46.6 Å². The second kappa shape index (κ2) is 4.49. The molecule has 2 aromatic carbocycles. The van der Waals surface area contributed by atoms with Gasteiger partial charge in [0.25, 0.3) is 11.8 Å². The number of anilines is 1. The lowest BCUT2D eigenvalue weighted by Gasteiger charge is -2.17. The molecule has 0 saturated heterocycles. The minimum atomic E-state index is -0.279. The third-order valence-electron chi connectivity index (χ3n) is 3.44. The Morgan fingerprint density at radius 1 is 0.950 bits per heavy atom. The first-order chi connectivity index (χ1) is 9.63. The van der Waals surface area contributed by atoms with Crippen LogP contribution in [0.3, 0.4) is 0 Å². The van der Waals surface area contributed by atoms with E-state index in [1.807, 2.05) is 6.92 Å². The molecule has 0 unspecified atom stereocenters. The summed E-state index contributed by atoms with van der Waals surface area (Å²) in [4.78, 5) is 26.0. The van der Waals surface area contributed by atoms with Crippen LogP contribution < -0.4 is 9.64 Å². The molecule has 1 aliphatic heterocycles. The zero-order chi connectivity index (χ0) is 14.3. The summed E-state index contributed by atoms with van der Waals surface area (Å²) in [6.45, 7) is 1.85. The zero-order valence-electron chi connectivity index (χ0n) is 11.2. The van der Waals surface area contributed by atoms with Gasteiger partial charge in [0.05, 0.1) is 23.9 Å². The number of hydrogen-bond donors (Lipinski definition) is 0. The number of benzene rings is 2. The van der Waals surface area contributed by atoms with Gasteiger partial charge in [-0.15, -0.1) is 0 Å². The van der Waals surface area contributed by atoms with E-state index in [-0.39, 0.29) is 11.8 Å². The number of rotatable bonds is 2. The predicted molar refractivity (Wildman–Crippen MR) is 75.3 cm³/mol. The fraction of sp³-hybridized carbons (Fsp3) is 0.125. The fourth-order valence-corrected chi connectivity index (χ4v) is 2.41. The van der Waals surface area contributed by atoms with E-state index in [0.29, 0.717) is 22.6 Å². The van der Waals surface area contributed by atoms with E-state index in [9.17, 15) is 9.59 Å². The van der Waals surface area contributed by atoms with Crippen molar-refractivity contribution < 1.29 is 14.3 Å². The molecule has 2 aromatic rings. The number of amides is 2. The molecule has 0 fully saturated rings. The molecule has 0 saturated carbocycles. The molecule has 2 amide bonds. The van der Waals surface area contributed by atoms with Gasteiger partial charge in [-0.05, 0) is 42.8 Å². The maximum atomic E-state index is 12.4. The monoisotopic (exact) mass is 267 g/mol. The van der Waals surface area contributed by atoms with Crippen LogP contribution in [0.4, 0.5) is 5.69 Å². The number of hydrogen-bond acceptors (Lipinski definition) is 3. The van der Waals surface area contributed by atoms with Crippen LogP contribution in [0.1, 0.15) is 26.3 Å². The molecule has 100 valence electrons. The second-order valence-electron chi connectivity index (χ2n) is 4.64. The van der Waals surface area contributed by atoms with Crippen LogP contribution in [-0.2, 0) is 0 Å². The molecule has 0 aliphatic carbocycles. The van der Waals surface area contributed by atoms with E-state index in [1.165, 1.54) is 4.90 Å². The second-order valence-corrected chi connectivity index (χ2v) is 4.64. The molecule has 0 atom stereocenters. The van der Waals surface area contributed by atoms with E-state index in [0.717, 1.165) is 5.56 Å². The van der Waals surface area contributed by atoms with Gasteiger partial charge in [0.15, 0.2) is 0 Å². The first-order valence-electron chi connectivity index (χ1n) is 6.26. The molecule has 4 heteroatoms. The van der Waals surface area contributed by atoms with E-state index in [4.69, 9.17) is 4.74 Å². The minimum absolute atomic E-state index is 0.279. The van der Waals surface area contributed by atoms with Gasteiger partial charge in [0, 0.05) is 0 Å². The summed E-state index contributed by atoms with van der Waals surface area (Å²) in [5, 5.41) is 0. The third-order valence-corrected chi connectivity index (χ3v) is 3.44. The first-order valence-corrected chi connectivity index (χ1v) is 6.26. The van der Waals surface area contributed by atoms with Gasteiger partial charge in [-0.25, -0.2) is 4.90 Å². The summed E-state index contributed by atoms with van der Waals surface area (Å²) >= 11 is 0. The lowest BCUT2D eigenvalue weighted by atomic mass is 10.1. The average Bonchev–Trinajstić information content (AvgIpc) is 2.72. The normalized spacial score (nSPS) is 13.6. The number of carbonyl (C=O) groups is 2. The molecule has 1 heterocycles. The number of carbonyl (C=O) groups excluding carboxylic acids is 2. The van der Waals surface area contributed by atoms with Crippen molar-refractivity contribution in [3.05, 3.63) is 59.2 Å². The smallest absolute Gasteiger partial charge is 0.266 e. The Bertz CT molecular complexity index is 686. The first kappa shape index (κ1) is 12.4. The Kier molecular flexibility index (Phi) is 2.79. The Morgan fingerprint density at radius 2 is 1.55 bits per heavy atom. The number of fused-ring (bicyclic) bond motifs is 1. The summed E-state index contributed by atoms with van der Waals surface area (Å²) in [5.74, 6) is 0.139. The molecule has 20 heavy (non-hydrogen) atoms. The Hall–Kier alpha value is -2.62. The van der Waals surface area contributed by atoms with Crippen LogP contribution in [-0.4, -0.2) is 18.9 Å². The van der Waals surface area contributed by atoms with E-state index in [2.05, 4.69) is 0 Å². The van der Waals surface area contributed by atoms with Crippen LogP contribution >= 0.6 is 0 Å². The van der Waals surface area contributed by atoms with Gasteiger partial charge in [-0.2, -0.15) is 0 Å². The summed E-state index contributed by atoms with van der Waals surface area (Å²) in [6.07, 6.45) is 0. The Balaban J connectivity index is 2.09. The highest BCUT2D eigenvalue weighted by atomic mass is 16.5. The molecular formula is C16H13NO3. The molecule has 4 nitrogen and oxygen atoms in total. The van der Waals surface area contributed by atoms with Crippen molar-refractivity contribution in [2.75, 3.05) is 12.0 Å². The van der Waals surface area contributed by atoms with E-state index < -0.39 is 0 Å². The molecule has 0 radical (unpaired) electrons. The van der Waals surface area contributed by atoms with Crippen molar-refractivity contribution in [2.45, 2.75) is 6.92 Å². The number of ether oxygens (including phenoxy) is 1. The number of imide groups is 1. The fourth-order valence-electron chi connectivity index (χ4n) is 2.41. The third kappa shape index (κ3) is 1.69. The van der Waals surface area contributed by atoms with Gasteiger partial charge in [-0.3, -0.25) is 9.59 Å². The summed E-state index contributed by atoms with van der Waals surface area (Å²) < 4.78 is 5.14. The largest absolute Gasteiger partial charge is 0.497 e. The quantitative estimate of drug-likeness (QED) is 0.786. The van der Waals surface area contributed by atoms with Crippen molar-refractivity contribution in [1.29, 1.82) is 0 Å². The van der Waals surface area contributed by atoms with E-state index >= 15 is 0 Å². The SMILES string of the molecule is COc1ccc(N2C(=O)c3ccccc3C2=O)c(C)c1. The highest BCUT2D eigenvalue weighted by Crippen LogP contribution is 2.32. The number of methoxy groups -OCH3 is 1. The van der Waals surface area contributed by atoms with Crippen LogP contribution in [0.2, 0.25) is 0 Å². The summed E-state index contributed by atoms with van der Waals surface area (Å²) in [7, 11) is 1.58. The lowest BCUT2D eigenvalue weighted by Crippen LogP contribution is -2.30. The van der Waals surface area contributed by atoms with Crippen molar-refractivity contribution in [2.24, 2.45) is 0 Å². The van der Waals surface area contributed by atoms with Gasteiger partial charge >= 0.3 is 0 Å². The summed E-state index contributed by atoms with van der Waals surface area (Å²) in [5.41, 5.74) is 2.32. The molecule has 0 bridgehead atoms. The van der Waals surface area contributed by atoms with Crippen molar-refractivity contribution in [3.63, 3.8) is 0 Å². The molecular weight excluding hydrogens is 254 g/mol. The molecule has 0 spiro atoms.